The highest BCUT2D eigenvalue weighted by molar-refractivity contribution is 5.03. The molecule has 0 aliphatic carbocycles. The minimum atomic E-state index is 0.523. The van der Waals surface area contributed by atoms with Crippen LogP contribution >= 0.6 is 0 Å². The molecule has 1 unspecified atom stereocenters. The van der Waals surface area contributed by atoms with Crippen molar-refractivity contribution in [2.24, 2.45) is 0 Å². The standard InChI is InChI=1S/C11H20N2/c1-5-6-10(4)11-7-13(8-12-11)9(2)3/h7-10H,5-6H2,1-4H3. The zero-order valence-corrected chi connectivity index (χ0v) is 9.12. The van der Waals surface area contributed by atoms with E-state index in [0.29, 0.717) is 12.0 Å². The lowest BCUT2D eigenvalue weighted by Crippen LogP contribution is -1.97. The molecule has 0 saturated heterocycles. The Morgan fingerprint density at radius 1 is 1.38 bits per heavy atom. The summed E-state index contributed by atoms with van der Waals surface area (Å²) < 4.78 is 2.17. The van der Waals surface area contributed by atoms with E-state index in [2.05, 4.69) is 43.4 Å². The molecule has 1 aromatic heterocycles. The van der Waals surface area contributed by atoms with Crippen molar-refractivity contribution in [3.05, 3.63) is 18.2 Å². The van der Waals surface area contributed by atoms with Crippen LogP contribution in [0.15, 0.2) is 12.5 Å². The van der Waals surface area contributed by atoms with Crippen LogP contribution in [0, 0.1) is 0 Å². The fraction of sp³-hybridized carbons (Fsp3) is 0.727. The molecular formula is C11H20N2. The van der Waals surface area contributed by atoms with Crippen LogP contribution < -0.4 is 0 Å². The molecule has 0 spiro atoms. The highest BCUT2D eigenvalue weighted by atomic mass is 15.1. The van der Waals surface area contributed by atoms with Gasteiger partial charge in [0.25, 0.3) is 0 Å². The van der Waals surface area contributed by atoms with Gasteiger partial charge < -0.3 is 4.57 Å². The van der Waals surface area contributed by atoms with Crippen molar-refractivity contribution in [2.45, 2.75) is 52.5 Å². The van der Waals surface area contributed by atoms with Crippen LogP contribution in [0.25, 0.3) is 0 Å². The van der Waals surface area contributed by atoms with Gasteiger partial charge in [-0.1, -0.05) is 20.3 Å². The average Bonchev–Trinajstić information content (AvgIpc) is 2.52. The third-order valence-electron chi connectivity index (χ3n) is 2.44. The monoisotopic (exact) mass is 180 g/mol. The topological polar surface area (TPSA) is 17.8 Å². The van der Waals surface area contributed by atoms with Gasteiger partial charge in [0.2, 0.25) is 0 Å². The molecule has 13 heavy (non-hydrogen) atoms. The Morgan fingerprint density at radius 2 is 2.08 bits per heavy atom. The summed E-state index contributed by atoms with van der Waals surface area (Å²) in [5.74, 6) is 0.602. The highest BCUT2D eigenvalue weighted by Crippen LogP contribution is 2.19. The molecule has 1 aromatic rings. The SMILES string of the molecule is CCCC(C)c1cn(C(C)C)cn1. The van der Waals surface area contributed by atoms with Gasteiger partial charge in [-0.05, 0) is 26.2 Å². The largest absolute Gasteiger partial charge is 0.335 e. The number of nitrogens with zero attached hydrogens (tertiary/aromatic N) is 2. The zero-order valence-electron chi connectivity index (χ0n) is 9.12. The van der Waals surface area contributed by atoms with Crippen molar-refractivity contribution in [2.75, 3.05) is 0 Å². The van der Waals surface area contributed by atoms with Gasteiger partial charge in [-0.2, -0.15) is 0 Å². The second-order valence-electron chi connectivity index (χ2n) is 4.03. The third-order valence-corrected chi connectivity index (χ3v) is 2.44. The molecule has 0 aromatic carbocycles. The van der Waals surface area contributed by atoms with Crippen LogP contribution in [0.4, 0.5) is 0 Å². The zero-order chi connectivity index (χ0) is 9.84. The first-order valence-corrected chi connectivity index (χ1v) is 5.18. The minimum Gasteiger partial charge on any atom is -0.335 e. The molecule has 0 bridgehead atoms. The number of hydrogen-bond acceptors (Lipinski definition) is 1. The van der Waals surface area contributed by atoms with Gasteiger partial charge in [0.1, 0.15) is 0 Å². The highest BCUT2D eigenvalue weighted by Gasteiger charge is 2.08. The van der Waals surface area contributed by atoms with E-state index in [4.69, 9.17) is 0 Å². The van der Waals surface area contributed by atoms with Crippen molar-refractivity contribution < 1.29 is 0 Å². The van der Waals surface area contributed by atoms with Crippen molar-refractivity contribution in [3.63, 3.8) is 0 Å². The molecule has 0 amide bonds. The molecule has 1 atom stereocenters. The fourth-order valence-corrected chi connectivity index (χ4v) is 1.47. The first-order valence-electron chi connectivity index (χ1n) is 5.18. The molecule has 2 heteroatoms. The molecule has 74 valence electrons. The summed E-state index contributed by atoms with van der Waals surface area (Å²) in [7, 11) is 0. The number of rotatable bonds is 4. The lowest BCUT2D eigenvalue weighted by atomic mass is 10.0. The van der Waals surface area contributed by atoms with E-state index in [1.54, 1.807) is 0 Å². The first kappa shape index (κ1) is 10.3. The van der Waals surface area contributed by atoms with Gasteiger partial charge in [-0.15, -0.1) is 0 Å². The van der Waals surface area contributed by atoms with Crippen molar-refractivity contribution in [1.82, 2.24) is 9.55 Å². The van der Waals surface area contributed by atoms with Crippen LogP contribution in [0.1, 0.15) is 58.2 Å². The van der Waals surface area contributed by atoms with Crippen LogP contribution in [-0.2, 0) is 0 Å². The van der Waals surface area contributed by atoms with Gasteiger partial charge in [0.15, 0.2) is 0 Å². The van der Waals surface area contributed by atoms with Crippen LogP contribution in [-0.4, -0.2) is 9.55 Å². The second kappa shape index (κ2) is 4.45. The first-order chi connectivity index (χ1) is 6.15. The smallest absolute Gasteiger partial charge is 0.0951 e. The maximum absolute atomic E-state index is 4.42. The predicted octanol–water partition coefficient (Wildman–Crippen LogP) is 3.37. The van der Waals surface area contributed by atoms with Crippen LogP contribution in [0.3, 0.4) is 0 Å². The van der Waals surface area contributed by atoms with E-state index in [0.717, 1.165) is 0 Å². The van der Waals surface area contributed by atoms with Crippen LogP contribution in [0.2, 0.25) is 0 Å². The summed E-state index contributed by atoms with van der Waals surface area (Å²) in [6.45, 7) is 8.82. The fourth-order valence-electron chi connectivity index (χ4n) is 1.47. The quantitative estimate of drug-likeness (QED) is 0.694. The van der Waals surface area contributed by atoms with Gasteiger partial charge in [0, 0.05) is 12.2 Å². The number of imidazole rings is 1. The summed E-state index contributed by atoms with van der Waals surface area (Å²) in [6.07, 6.45) is 6.57. The van der Waals surface area contributed by atoms with Crippen molar-refractivity contribution >= 4 is 0 Å². The van der Waals surface area contributed by atoms with Crippen molar-refractivity contribution in [3.8, 4) is 0 Å². The summed E-state index contributed by atoms with van der Waals surface area (Å²) in [6, 6.07) is 0.523. The average molecular weight is 180 g/mol. The van der Waals surface area contributed by atoms with Crippen molar-refractivity contribution in [1.29, 1.82) is 0 Å². The Balaban J connectivity index is 2.67. The van der Waals surface area contributed by atoms with Gasteiger partial charge in [0.05, 0.1) is 12.0 Å². The molecule has 0 N–H and O–H groups in total. The molecule has 2 nitrogen and oxygen atoms in total. The van der Waals surface area contributed by atoms with E-state index in [1.807, 2.05) is 6.33 Å². The predicted molar refractivity (Wildman–Crippen MR) is 55.9 cm³/mol. The van der Waals surface area contributed by atoms with Gasteiger partial charge in [-0.25, -0.2) is 4.98 Å². The van der Waals surface area contributed by atoms with E-state index in [-0.39, 0.29) is 0 Å². The number of hydrogen-bond donors (Lipinski definition) is 0. The number of aromatic nitrogens is 2. The molecule has 0 saturated carbocycles. The lowest BCUT2D eigenvalue weighted by Gasteiger charge is -2.07. The molecule has 1 heterocycles. The van der Waals surface area contributed by atoms with Gasteiger partial charge in [-0.3, -0.25) is 0 Å². The Morgan fingerprint density at radius 3 is 2.54 bits per heavy atom. The molecule has 0 fully saturated rings. The van der Waals surface area contributed by atoms with E-state index < -0.39 is 0 Å². The second-order valence-corrected chi connectivity index (χ2v) is 4.03. The maximum atomic E-state index is 4.42. The minimum absolute atomic E-state index is 0.523. The molecule has 0 aliphatic heterocycles. The third kappa shape index (κ3) is 2.58. The maximum Gasteiger partial charge on any atom is 0.0951 e. The van der Waals surface area contributed by atoms with E-state index in [9.17, 15) is 0 Å². The Kier molecular flexibility index (Phi) is 3.52. The Hall–Kier alpha value is -0.790. The summed E-state index contributed by atoms with van der Waals surface area (Å²) in [4.78, 5) is 4.42. The molecule has 0 radical (unpaired) electrons. The summed E-state index contributed by atoms with van der Waals surface area (Å²) in [5, 5.41) is 0. The summed E-state index contributed by atoms with van der Waals surface area (Å²) >= 11 is 0. The van der Waals surface area contributed by atoms with Crippen LogP contribution in [0.5, 0.6) is 0 Å². The van der Waals surface area contributed by atoms with E-state index in [1.165, 1.54) is 18.5 Å². The summed E-state index contributed by atoms with van der Waals surface area (Å²) in [5.41, 5.74) is 1.23. The normalized spacial score (nSPS) is 13.6. The Bertz CT molecular complexity index is 250. The Labute approximate surface area is 81.0 Å². The molecule has 1 rings (SSSR count). The molecule has 0 aliphatic rings. The van der Waals surface area contributed by atoms with E-state index >= 15 is 0 Å². The molecular weight excluding hydrogens is 160 g/mol. The lowest BCUT2D eigenvalue weighted by molar-refractivity contribution is 0.596. The van der Waals surface area contributed by atoms with Gasteiger partial charge >= 0.3 is 0 Å².